The van der Waals surface area contributed by atoms with Crippen molar-refractivity contribution >= 4 is 35.2 Å². The van der Waals surface area contributed by atoms with Crippen LogP contribution in [0.3, 0.4) is 0 Å². The second-order valence-electron chi connectivity index (χ2n) is 10.6. The van der Waals surface area contributed by atoms with Crippen LogP contribution in [0.5, 0.6) is 0 Å². The first-order chi connectivity index (χ1) is 17.8. The molecule has 2 amide bonds. The molecule has 1 spiro atoms. The number of nitrogens with zero attached hydrogens (tertiary/aromatic N) is 2. The molecule has 0 aromatic heterocycles. The zero-order chi connectivity index (χ0) is 26.3. The summed E-state index contributed by atoms with van der Waals surface area (Å²) in [7, 11) is 0. The first kappa shape index (κ1) is 26.0. The highest BCUT2D eigenvalue weighted by Crippen LogP contribution is 2.61. The summed E-state index contributed by atoms with van der Waals surface area (Å²) in [5, 5.41) is 10.0. The van der Waals surface area contributed by atoms with Gasteiger partial charge in [-0.2, -0.15) is 0 Å². The summed E-state index contributed by atoms with van der Waals surface area (Å²) in [5.41, 5.74) is 2.84. The second kappa shape index (κ2) is 10.3. The van der Waals surface area contributed by atoms with Crippen molar-refractivity contribution in [3.8, 4) is 0 Å². The van der Waals surface area contributed by atoms with E-state index < -0.39 is 28.7 Å². The van der Waals surface area contributed by atoms with Crippen molar-refractivity contribution < 1.29 is 24.2 Å². The van der Waals surface area contributed by atoms with Gasteiger partial charge in [-0.05, 0) is 56.7 Å². The fourth-order valence-electron chi connectivity index (χ4n) is 6.39. The van der Waals surface area contributed by atoms with E-state index in [-0.39, 0.29) is 29.6 Å². The van der Waals surface area contributed by atoms with Crippen molar-refractivity contribution in [3.63, 3.8) is 0 Å². The van der Waals surface area contributed by atoms with Crippen LogP contribution in [-0.2, 0) is 19.1 Å². The summed E-state index contributed by atoms with van der Waals surface area (Å²) in [6, 6.07) is 4.69. The van der Waals surface area contributed by atoms with E-state index in [4.69, 9.17) is 4.74 Å². The van der Waals surface area contributed by atoms with Gasteiger partial charge in [-0.15, -0.1) is 11.8 Å². The third kappa shape index (κ3) is 4.22. The number of anilines is 1. The molecule has 2 fully saturated rings. The van der Waals surface area contributed by atoms with Gasteiger partial charge >= 0.3 is 5.97 Å². The molecule has 4 aliphatic heterocycles. The number of cyclic esters (lactones) is 1. The standard InChI is InChI=1S/C29H36N2O5S/c1-4-20(17-32)31-25-27(34)30(21-16-18(2)11-12-19(21)3)14-9-13-29(25)24(26(31)33)23-22(37-29)10-7-5-6-8-15-36-28(23)35/h7,9-13,16,20,22-25,32H,4-6,8,14-15,17H2,1-3H3/b10-7-/t20-,22-,23+,24-,25?,29-/m0/s1. The highest BCUT2D eigenvalue weighted by atomic mass is 32.2. The Labute approximate surface area is 222 Å². The predicted octanol–water partition coefficient (Wildman–Crippen LogP) is 3.56. The average Bonchev–Trinajstić information content (AvgIpc) is 3.27. The lowest BCUT2D eigenvalue weighted by Crippen LogP contribution is -2.56. The number of aliphatic hydroxyl groups is 1. The Kier molecular flexibility index (Phi) is 7.24. The third-order valence-corrected chi connectivity index (χ3v) is 10.0. The molecule has 4 aliphatic rings. The number of thioether (sulfide) groups is 1. The number of ether oxygens (including phenoxy) is 1. The molecule has 0 radical (unpaired) electrons. The Morgan fingerprint density at radius 1 is 1.16 bits per heavy atom. The Morgan fingerprint density at radius 2 is 1.97 bits per heavy atom. The Bertz CT molecular complexity index is 1150. The van der Waals surface area contributed by atoms with Crippen LogP contribution in [0.4, 0.5) is 5.69 Å². The number of allylic oxidation sites excluding steroid dienone is 1. The number of amides is 2. The third-order valence-electron chi connectivity index (χ3n) is 8.27. The van der Waals surface area contributed by atoms with Crippen LogP contribution in [0.2, 0.25) is 0 Å². The number of aliphatic hydroxyl groups excluding tert-OH is 1. The van der Waals surface area contributed by atoms with Crippen LogP contribution in [-0.4, -0.2) is 69.6 Å². The van der Waals surface area contributed by atoms with Gasteiger partial charge in [0.25, 0.3) is 5.91 Å². The number of aryl methyl sites for hydroxylation is 2. The summed E-state index contributed by atoms with van der Waals surface area (Å²) < 4.78 is 4.74. The molecule has 8 heteroatoms. The van der Waals surface area contributed by atoms with Gasteiger partial charge in [0.15, 0.2) is 0 Å². The lowest BCUT2D eigenvalue weighted by Gasteiger charge is -2.38. The summed E-state index contributed by atoms with van der Waals surface area (Å²) >= 11 is 1.54. The maximum absolute atomic E-state index is 14.5. The molecule has 1 aromatic rings. The Hall–Kier alpha value is -2.58. The van der Waals surface area contributed by atoms with E-state index in [1.165, 1.54) is 0 Å². The predicted molar refractivity (Wildman–Crippen MR) is 144 cm³/mol. The number of likely N-dealkylation sites (tertiary alicyclic amines) is 1. The zero-order valence-corrected chi connectivity index (χ0v) is 22.6. The first-order valence-electron chi connectivity index (χ1n) is 13.3. The molecule has 5 rings (SSSR count). The molecule has 1 unspecified atom stereocenters. The summed E-state index contributed by atoms with van der Waals surface area (Å²) in [5.74, 6) is -2.19. The Balaban J connectivity index is 1.65. The van der Waals surface area contributed by atoms with Crippen LogP contribution in [0.1, 0.15) is 43.7 Å². The van der Waals surface area contributed by atoms with E-state index in [0.29, 0.717) is 19.6 Å². The van der Waals surface area contributed by atoms with Gasteiger partial charge < -0.3 is 19.6 Å². The zero-order valence-electron chi connectivity index (χ0n) is 21.8. The molecule has 6 atom stereocenters. The van der Waals surface area contributed by atoms with Gasteiger partial charge in [0.05, 0.1) is 35.8 Å². The highest BCUT2D eigenvalue weighted by molar-refractivity contribution is 8.02. The molecule has 37 heavy (non-hydrogen) atoms. The minimum atomic E-state index is -0.921. The number of esters is 1. The maximum Gasteiger partial charge on any atom is 0.311 e. The smallest absolute Gasteiger partial charge is 0.311 e. The van der Waals surface area contributed by atoms with E-state index in [1.54, 1.807) is 21.6 Å². The largest absolute Gasteiger partial charge is 0.465 e. The molecule has 4 heterocycles. The van der Waals surface area contributed by atoms with Crippen LogP contribution >= 0.6 is 11.8 Å². The van der Waals surface area contributed by atoms with Gasteiger partial charge in [-0.1, -0.05) is 43.4 Å². The van der Waals surface area contributed by atoms with Gasteiger partial charge in [0.2, 0.25) is 5.91 Å². The monoisotopic (exact) mass is 524 g/mol. The number of rotatable bonds is 4. The van der Waals surface area contributed by atoms with Crippen molar-refractivity contribution in [1.82, 2.24) is 4.90 Å². The van der Waals surface area contributed by atoms with Crippen LogP contribution in [0.15, 0.2) is 42.5 Å². The van der Waals surface area contributed by atoms with Gasteiger partial charge in [-0.3, -0.25) is 14.4 Å². The minimum Gasteiger partial charge on any atom is -0.465 e. The van der Waals surface area contributed by atoms with E-state index in [2.05, 4.69) is 6.08 Å². The summed E-state index contributed by atoms with van der Waals surface area (Å²) in [6.45, 7) is 6.35. The van der Waals surface area contributed by atoms with Crippen LogP contribution < -0.4 is 4.90 Å². The molecule has 0 aliphatic carbocycles. The molecule has 0 saturated carbocycles. The molecular formula is C29H36N2O5S. The maximum atomic E-state index is 14.5. The number of carbonyl (C=O) groups excluding carboxylic acids is 3. The number of carbonyl (C=O) groups is 3. The average molecular weight is 525 g/mol. The molecule has 1 N–H and O–H groups in total. The number of hydrogen-bond acceptors (Lipinski definition) is 6. The normalized spacial score (nSPS) is 33.4. The van der Waals surface area contributed by atoms with E-state index in [9.17, 15) is 19.5 Å². The van der Waals surface area contributed by atoms with E-state index >= 15 is 0 Å². The lowest BCUT2D eigenvalue weighted by atomic mass is 9.78. The highest BCUT2D eigenvalue weighted by Gasteiger charge is 2.71. The number of benzene rings is 1. The molecular weight excluding hydrogens is 488 g/mol. The van der Waals surface area contributed by atoms with E-state index in [1.807, 2.05) is 57.2 Å². The van der Waals surface area contributed by atoms with Gasteiger partial charge in [0.1, 0.15) is 6.04 Å². The quantitative estimate of drug-likeness (QED) is 0.479. The van der Waals surface area contributed by atoms with Crippen molar-refractivity contribution in [3.05, 3.63) is 53.6 Å². The minimum absolute atomic E-state index is 0.171. The Morgan fingerprint density at radius 3 is 2.73 bits per heavy atom. The molecule has 198 valence electrons. The molecule has 1 aromatic carbocycles. The van der Waals surface area contributed by atoms with Crippen LogP contribution in [0.25, 0.3) is 0 Å². The lowest BCUT2D eigenvalue weighted by molar-refractivity contribution is -0.153. The second-order valence-corrected chi connectivity index (χ2v) is 12.1. The SMILES string of the molecule is CC[C@@H](CO)N1C(=O)[C@@H]2[C@@H]3C(=O)OCCCC/C=C\[C@@H]3S[C@@]23C=CCN(c2cc(C)ccc2C)C(=O)C13. The van der Waals surface area contributed by atoms with Crippen molar-refractivity contribution in [2.75, 3.05) is 24.7 Å². The fourth-order valence-corrected chi connectivity index (χ4v) is 8.38. The van der Waals surface area contributed by atoms with Gasteiger partial charge in [0, 0.05) is 17.5 Å². The van der Waals surface area contributed by atoms with Gasteiger partial charge in [-0.25, -0.2) is 0 Å². The number of fused-ring (bicyclic) bond motifs is 2. The fraction of sp³-hybridized carbons (Fsp3) is 0.552. The summed E-state index contributed by atoms with van der Waals surface area (Å²) in [6.07, 6.45) is 11.2. The van der Waals surface area contributed by atoms with Crippen molar-refractivity contribution in [2.45, 2.75) is 68.5 Å². The molecule has 0 bridgehead atoms. The summed E-state index contributed by atoms with van der Waals surface area (Å²) in [4.78, 5) is 45.5. The first-order valence-corrected chi connectivity index (χ1v) is 14.2. The molecule has 7 nitrogen and oxygen atoms in total. The van der Waals surface area contributed by atoms with E-state index in [0.717, 1.165) is 36.1 Å². The molecule has 2 saturated heterocycles. The van der Waals surface area contributed by atoms with Crippen LogP contribution in [0, 0.1) is 25.7 Å². The van der Waals surface area contributed by atoms with Crippen molar-refractivity contribution in [1.29, 1.82) is 0 Å². The number of hydrogen-bond donors (Lipinski definition) is 1. The topological polar surface area (TPSA) is 87.2 Å². The van der Waals surface area contributed by atoms with Crippen molar-refractivity contribution in [2.24, 2.45) is 11.8 Å².